The van der Waals surface area contributed by atoms with Gasteiger partial charge in [-0.3, -0.25) is 0 Å². The Labute approximate surface area is 107 Å². The first-order valence-corrected chi connectivity index (χ1v) is 6.83. The Kier molecular flexibility index (Phi) is 4.10. The summed E-state index contributed by atoms with van der Waals surface area (Å²) in [6.45, 7) is 12.8. The predicted octanol–water partition coefficient (Wildman–Crippen LogP) is 4.11. The zero-order valence-electron chi connectivity index (χ0n) is 12.6. The van der Waals surface area contributed by atoms with Crippen LogP contribution in [0.25, 0.3) is 0 Å². The Bertz CT molecular complexity index is 302. The highest BCUT2D eigenvalue weighted by molar-refractivity contribution is 5.07. The molecule has 0 aromatic carbocycles. The molecule has 1 saturated carbocycles. The summed E-state index contributed by atoms with van der Waals surface area (Å²) in [6.07, 6.45) is 4.50. The zero-order chi connectivity index (χ0) is 13.4. The molecule has 0 bridgehead atoms. The zero-order valence-corrected chi connectivity index (χ0v) is 12.6. The Balaban J connectivity index is 2.65. The molecule has 0 heterocycles. The molecular weight excluding hydrogens is 210 g/mol. The highest BCUT2D eigenvalue weighted by Crippen LogP contribution is 2.56. The van der Waals surface area contributed by atoms with Gasteiger partial charge in [-0.2, -0.15) is 0 Å². The van der Waals surface area contributed by atoms with Crippen LogP contribution in [0.5, 0.6) is 0 Å². The summed E-state index contributed by atoms with van der Waals surface area (Å²) in [5.74, 6) is 1.21. The van der Waals surface area contributed by atoms with Crippen LogP contribution >= 0.6 is 0 Å². The van der Waals surface area contributed by atoms with Gasteiger partial charge in [-0.1, -0.05) is 18.6 Å². The lowest BCUT2D eigenvalue weighted by atomic mass is 9.96. The van der Waals surface area contributed by atoms with Crippen molar-refractivity contribution in [2.24, 2.45) is 11.8 Å². The third kappa shape index (κ3) is 2.74. The maximum absolute atomic E-state index is 12.7. The molecule has 0 aliphatic heterocycles. The van der Waals surface area contributed by atoms with Gasteiger partial charge in [-0.25, -0.2) is 0 Å². The van der Waals surface area contributed by atoms with Crippen molar-refractivity contribution >= 4 is 0 Å². The first kappa shape index (κ1) is 14.7. The van der Waals surface area contributed by atoms with Crippen molar-refractivity contribution in [3.8, 4) is 0 Å². The fourth-order valence-corrected chi connectivity index (χ4v) is 2.89. The van der Waals surface area contributed by atoms with Crippen molar-refractivity contribution in [3.05, 3.63) is 16.9 Å². The van der Waals surface area contributed by atoms with Crippen LogP contribution in [0.3, 0.4) is 0 Å². The number of allylic oxidation sites excluding steroid dienone is 2. The maximum Gasteiger partial charge on any atom is 0.0999 e. The first-order chi connectivity index (χ1) is 7.63. The van der Waals surface area contributed by atoms with Crippen molar-refractivity contribution in [1.82, 2.24) is 0 Å². The van der Waals surface area contributed by atoms with Crippen LogP contribution in [0.2, 0.25) is 0 Å². The monoisotopic (exact) mass is 239 g/mol. The van der Waals surface area contributed by atoms with Crippen LogP contribution in [0.15, 0.2) is 11.6 Å². The summed E-state index contributed by atoms with van der Waals surface area (Å²) in [5, 5.41) is 12.7. The minimum absolute atomic E-state index is 0.0525. The largest absolute Gasteiger partial charge is 0.632 e. The van der Waals surface area contributed by atoms with Crippen molar-refractivity contribution < 1.29 is 4.65 Å². The van der Waals surface area contributed by atoms with Gasteiger partial charge in [-0.05, 0) is 47.0 Å². The molecule has 0 N–H and O–H groups in total. The molecule has 2 nitrogen and oxygen atoms in total. The van der Waals surface area contributed by atoms with Gasteiger partial charge >= 0.3 is 0 Å². The molecule has 0 amide bonds. The van der Waals surface area contributed by atoms with E-state index in [1.54, 1.807) is 0 Å². The van der Waals surface area contributed by atoms with E-state index in [0.717, 1.165) is 12.8 Å². The highest BCUT2D eigenvalue weighted by atomic mass is 16.6. The number of hydroxylamine groups is 3. The standard InChI is InChI=1S/C15H29NO/c1-11(2)8-9-13(5)14-10-15(14,6)16(7,17)12(3)4/h8,12-14H,9-10H2,1-7H3. The molecule has 0 aromatic rings. The van der Waals surface area contributed by atoms with Crippen molar-refractivity contribution in [2.45, 2.75) is 66.0 Å². The summed E-state index contributed by atoms with van der Waals surface area (Å²) in [6, 6.07) is 0.153. The highest BCUT2D eigenvalue weighted by Gasteiger charge is 2.62. The second-order valence-corrected chi connectivity index (χ2v) is 6.75. The molecule has 1 aliphatic rings. The summed E-state index contributed by atoms with van der Waals surface area (Å²) >= 11 is 0. The molecule has 0 spiro atoms. The summed E-state index contributed by atoms with van der Waals surface area (Å²) in [5.41, 5.74) is 1.32. The minimum atomic E-state index is -0.0865. The molecule has 1 aliphatic carbocycles. The average Bonchev–Trinajstić information content (AvgIpc) is 2.89. The molecule has 1 rings (SSSR count). The van der Waals surface area contributed by atoms with Crippen LogP contribution in [0.1, 0.15) is 54.4 Å². The summed E-state index contributed by atoms with van der Waals surface area (Å²) in [4.78, 5) is 0. The summed E-state index contributed by atoms with van der Waals surface area (Å²) < 4.78 is -0.0865. The lowest BCUT2D eigenvalue weighted by molar-refractivity contribution is -0.918. The van der Waals surface area contributed by atoms with Gasteiger partial charge in [0.2, 0.25) is 0 Å². The second kappa shape index (κ2) is 4.74. The van der Waals surface area contributed by atoms with Crippen molar-refractivity contribution in [2.75, 3.05) is 7.05 Å². The topological polar surface area (TPSA) is 23.1 Å². The van der Waals surface area contributed by atoms with E-state index >= 15 is 0 Å². The average molecular weight is 239 g/mol. The fraction of sp³-hybridized carbons (Fsp3) is 0.867. The summed E-state index contributed by atoms with van der Waals surface area (Å²) in [7, 11) is 1.85. The first-order valence-electron chi connectivity index (χ1n) is 6.83. The third-order valence-electron chi connectivity index (χ3n) is 4.86. The number of nitrogens with zero attached hydrogens (tertiary/aromatic N) is 1. The van der Waals surface area contributed by atoms with Crippen LogP contribution in [0.4, 0.5) is 0 Å². The second-order valence-electron chi connectivity index (χ2n) is 6.75. The molecular formula is C15H29NO. The smallest absolute Gasteiger partial charge is 0.0999 e. The lowest BCUT2D eigenvalue weighted by Gasteiger charge is -2.49. The molecule has 4 unspecified atom stereocenters. The Morgan fingerprint density at radius 3 is 2.35 bits per heavy atom. The minimum Gasteiger partial charge on any atom is -0.632 e. The van der Waals surface area contributed by atoms with Gasteiger partial charge in [0.05, 0.1) is 18.6 Å². The number of rotatable bonds is 5. The number of quaternary nitrogens is 1. The molecule has 1 fully saturated rings. The molecule has 17 heavy (non-hydrogen) atoms. The van der Waals surface area contributed by atoms with E-state index in [9.17, 15) is 5.21 Å². The van der Waals surface area contributed by atoms with Gasteiger partial charge in [0.1, 0.15) is 0 Å². The van der Waals surface area contributed by atoms with Crippen molar-refractivity contribution in [1.29, 1.82) is 0 Å². The van der Waals surface area contributed by atoms with Gasteiger partial charge in [0.25, 0.3) is 0 Å². The fourth-order valence-electron chi connectivity index (χ4n) is 2.89. The normalized spacial score (nSPS) is 33.1. The number of hydrogen-bond donors (Lipinski definition) is 0. The molecule has 0 saturated heterocycles. The molecule has 0 radical (unpaired) electrons. The molecule has 2 heteroatoms. The Morgan fingerprint density at radius 1 is 1.41 bits per heavy atom. The van der Waals surface area contributed by atoms with E-state index in [4.69, 9.17) is 0 Å². The van der Waals surface area contributed by atoms with Gasteiger partial charge in [-0.15, -0.1) is 0 Å². The maximum atomic E-state index is 12.7. The van der Waals surface area contributed by atoms with Gasteiger partial charge < -0.3 is 9.85 Å². The van der Waals surface area contributed by atoms with E-state index in [1.807, 2.05) is 20.9 Å². The van der Waals surface area contributed by atoms with E-state index in [1.165, 1.54) is 5.57 Å². The molecule has 100 valence electrons. The van der Waals surface area contributed by atoms with Crippen LogP contribution in [-0.2, 0) is 0 Å². The Morgan fingerprint density at radius 2 is 1.94 bits per heavy atom. The van der Waals surface area contributed by atoms with E-state index in [0.29, 0.717) is 11.8 Å². The van der Waals surface area contributed by atoms with Gasteiger partial charge in [0, 0.05) is 12.3 Å². The van der Waals surface area contributed by atoms with E-state index in [2.05, 4.69) is 33.8 Å². The SMILES string of the molecule is CC(C)=CCC(C)C1CC1(C)[N+](C)([O-])C(C)C. The van der Waals surface area contributed by atoms with Gasteiger partial charge in [0.15, 0.2) is 0 Å². The van der Waals surface area contributed by atoms with Crippen LogP contribution in [0, 0.1) is 17.0 Å². The third-order valence-corrected chi connectivity index (χ3v) is 4.86. The van der Waals surface area contributed by atoms with Crippen molar-refractivity contribution in [3.63, 3.8) is 0 Å². The quantitative estimate of drug-likeness (QED) is 0.402. The van der Waals surface area contributed by atoms with Crippen LogP contribution < -0.4 is 0 Å². The van der Waals surface area contributed by atoms with E-state index < -0.39 is 0 Å². The molecule has 4 atom stereocenters. The molecule has 0 aromatic heterocycles. The lowest BCUT2D eigenvalue weighted by Crippen LogP contribution is -2.54. The predicted molar refractivity (Wildman–Crippen MR) is 74.4 cm³/mol. The Hall–Kier alpha value is -0.340. The van der Waals surface area contributed by atoms with E-state index in [-0.39, 0.29) is 16.2 Å². The van der Waals surface area contributed by atoms with Crippen LogP contribution in [-0.4, -0.2) is 23.3 Å². The number of hydrogen-bond acceptors (Lipinski definition) is 1.